The fraction of sp³-hybridized carbons (Fsp3) is 0.467. The van der Waals surface area contributed by atoms with Crippen molar-refractivity contribution in [2.24, 2.45) is 5.73 Å². The predicted octanol–water partition coefficient (Wildman–Crippen LogP) is 2.24. The Kier molecular flexibility index (Phi) is 6.22. The molecular formula is C15H21NO3. The molecule has 1 aromatic rings. The molecule has 0 aromatic heterocycles. The van der Waals surface area contributed by atoms with E-state index in [2.05, 4.69) is 0 Å². The highest BCUT2D eigenvalue weighted by Gasteiger charge is 2.20. The summed E-state index contributed by atoms with van der Waals surface area (Å²) in [5.41, 5.74) is 7.19. The Morgan fingerprint density at radius 3 is 2.63 bits per heavy atom. The standard InChI is InChI=1S/C15H21NO3/c1-3-4-9-19-15(18)13(16)10-14(17)12-8-6-5-7-11(12)2/h5-8,13H,3-4,9-10,16H2,1-2H3. The molecule has 0 saturated carbocycles. The van der Waals surface area contributed by atoms with Crippen molar-refractivity contribution in [2.45, 2.75) is 39.2 Å². The molecule has 0 aliphatic rings. The lowest BCUT2D eigenvalue weighted by Gasteiger charge is -2.11. The van der Waals surface area contributed by atoms with Crippen LogP contribution in [-0.2, 0) is 9.53 Å². The number of hydrogen-bond donors (Lipinski definition) is 1. The maximum absolute atomic E-state index is 12.0. The molecular weight excluding hydrogens is 242 g/mol. The summed E-state index contributed by atoms with van der Waals surface area (Å²) in [5.74, 6) is -0.631. The maximum Gasteiger partial charge on any atom is 0.323 e. The first-order valence-corrected chi connectivity index (χ1v) is 6.57. The summed E-state index contributed by atoms with van der Waals surface area (Å²) in [5, 5.41) is 0. The van der Waals surface area contributed by atoms with Gasteiger partial charge in [0.15, 0.2) is 5.78 Å². The first kappa shape index (κ1) is 15.4. The van der Waals surface area contributed by atoms with Gasteiger partial charge in [-0.05, 0) is 18.9 Å². The molecule has 0 radical (unpaired) electrons. The monoisotopic (exact) mass is 263 g/mol. The number of benzene rings is 1. The summed E-state index contributed by atoms with van der Waals surface area (Å²) >= 11 is 0. The highest BCUT2D eigenvalue weighted by molar-refractivity contribution is 5.99. The number of carbonyl (C=O) groups is 2. The second-order valence-electron chi connectivity index (χ2n) is 4.57. The van der Waals surface area contributed by atoms with Crippen molar-refractivity contribution >= 4 is 11.8 Å². The zero-order valence-electron chi connectivity index (χ0n) is 11.5. The SMILES string of the molecule is CCCCOC(=O)C(N)CC(=O)c1ccccc1C. The van der Waals surface area contributed by atoms with E-state index in [1.807, 2.05) is 26.0 Å². The summed E-state index contributed by atoms with van der Waals surface area (Å²) in [6, 6.07) is 6.38. The number of aryl methyl sites for hydroxylation is 1. The second kappa shape index (κ2) is 7.69. The fourth-order valence-electron chi connectivity index (χ4n) is 1.70. The first-order valence-electron chi connectivity index (χ1n) is 6.57. The van der Waals surface area contributed by atoms with E-state index >= 15 is 0 Å². The van der Waals surface area contributed by atoms with Crippen LogP contribution in [0.15, 0.2) is 24.3 Å². The van der Waals surface area contributed by atoms with Gasteiger partial charge in [-0.25, -0.2) is 0 Å². The van der Waals surface area contributed by atoms with Gasteiger partial charge in [0.1, 0.15) is 6.04 Å². The van der Waals surface area contributed by atoms with Gasteiger partial charge in [-0.15, -0.1) is 0 Å². The maximum atomic E-state index is 12.0. The third-order valence-corrected chi connectivity index (χ3v) is 2.90. The van der Waals surface area contributed by atoms with Gasteiger partial charge in [-0.1, -0.05) is 37.6 Å². The van der Waals surface area contributed by atoms with Gasteiger partial charge in [0.25, 0.3) is 0 Å². The minimum Gasteiger partial charge on any atom is -0.465 e. The van der Waals surface area contributed by atoms with Crippen LogP contribution in [0.2, 0.25) is 0 Å². The van der Waals surface area contributed by atoms with Crippen molar-refractivity contribution < 1.29 is 14.3 Å². The van der Waals surface area contributed by atoms with E-state index in [0.29, 0.717) is 12.2 Å². The van der Waals surface area contributed by atoms with Crippen molar-refractivity contribution in [2.75, 3.05) is 6.61 Å². The van der Waals surface area contributed by atoms with Gasteiger partial charge in [0.2, 0.25) is 0 Å². The summed E-state index contributed by atoms with van der Waals surface area (Å²) in [4.78, 5) is 23.6. The van der Waals surface area contributed by atoms with Crippen molar-refractivity contribution in [1.29, 1.82) is 0 Å². The molecule has 0 aliphatic heterocycles. The largest absolute Gasteiger partial charge is 0.465 e. The Labute approximate surface area is 113 Å². The molecule has 0 fully saturated rings. The molecule has 4 nitrogen and oxygen atoms in total. The Balaban J connectivity index is 2.52. The highest BCUT2D eigenvalue weighted by Crippen LogP contribution is 2.11. The number of unbranched alkanes of at least 4 members (excludes halogenated alkanes) is 1. The van der Waals surface area contributed by atoms with E-state index in [4.69, 9.17) is 10.5 Å². The van der Waals surface area contributed by atoms with E-state index in [0.717, 1.165) is 18.4 Å². The van der Waals surface area contributed by atoms with Gasteiger partial charge < -0.3 is 10.5 Å². The van der Waals surface area contributed by atoms with E-state index in [-0.39, 0.29) is 12.2 Å². The van der Waals surface area contributed by atoms with Gasteiger partial charge >= 0.3 is 5.97 Å². The van der Waals surface area contributed by atoms with E-state index in [1.165, 1.54) is 0 Å². The van der Waals surface area contributed by atoms with Gasteiger partial charge in [-0.2, -0.15) is 0 Å². The lowest BCUT2D eigenvalue weighted by atomic mass is 10.00. The summed E-state index contributed by atoms with van der Waals surface area (Å²) in [6.07, 6.45) is 1.74. The molecule has 19 heavy (non-hydrogen) atoms. The third kappa shape index (κ3) is 4.83. The van der Waals surface area contributed by atoms with Crippen LogP contribution < -0.4 is 5.73 Å². The minimum absolute atomic E-state index is 0.0180. The zero-order valence-corrected chi connectivity index (χ0v) is 11.5. The molecule has 1 unspecified atom stereocenters. The molecule has 0 aliphatic carbocycles. The topological polar surface area (TPSA) is 69.4 Å². The van der Waals surface area contributed by atoms with Crippen LogP contribution in [0, 0.1) is 6.92 Å². The lowest BCUT2D eigenvalue weighted by molar-refractivity contribution is -0.145. The Bertz CT molecular complexity index is 443. The molecule has 0 bridgehead atoms. The van der Waals surface area contributed by atoms with E-state index in [1.54, 1.807) is 12.1 Å². The van der Waals surface area contributed by atoms with Crippen LogP contribution in [0.4, 0.5) is 0 Å². The predicted molar refractivity (Wildman–Crippen MR) is 74.0 cm³/mol. The number of carbonyl (C=O) groups excluding carboxylic acids is 2. The van der Waals surface area contributed by atoms with Gasteiger partial charge in [-0.3, -0.25) is 9.59 Å². The van der Waals surface area contributed by atoms with Crippen LogP contribution in [0.1, 0.15) is 42.1 Å². The summed E-state index contributed by atoms with van der Waals surface area (Å²) < 4.78 is 5.00. The molecule has 1 aromatic carbocycles. The molecule has 4 heteroatoms. The number of rotatable bonds is 7. The molecule has 0 spiro atoms. The van der Waals surface area contributed by atoms with Crippen molar-refractivity contribution in [1.82, 2.24) is 0 Å². The van der Waals surface area contributed by atoms with Gasteiger partial charge in [0.05, 0.1) is 6.61 Å². The van der Waals surface area contributed by atoms with Crippen LogP contribution in [0.25, 0.3) is 0 Å². The van der Waals surface area contributed by atoms with Crippen molar-refractivity contribution in [3.8, 4) is 0 Å². The van der Waals surface area contributed by atoms with Crippen LogP contribution >= 0.6 is 0 Å². The highest BCUT2D eigenvalue weighted by atomic mass is 16.5. The number of hydrogen-bond acceptors (Lipinski definition) is 4. The average molecular weight is 263 g/mol. The van der Waals surface area contributed by atoms with Crippen LogP contribution in [0.3, 0.4) is 0 Å². The number of Topliss-reactive ketones (excluding diaryl/α,β-unsaturated/α-hetero) is 1. The molecule has 1 atom stereocenters. The molecule has 0 saturated heterocycles. The fourth-order valence-corrected chi connectivity index (χ4v) is 1.70. The number of esters is 1. The van der Waals surface area contributed by atoms with Crippen LogP contribution in [0.5, 0.6) is 0 Å². The summed E-state index contributed by atoms with van der Waals surface area (Å²) in [6.45, 7) is 4.23. The molecule has 1 rings (SSSR count). The Morgan fingerprint density at radius 2 is 2.00 bits per heavy atom. The smallest absolute Gasteiger partial charge is 0.323 e. The zero-order chi connectivity index (χ0) is 14.3. The molecule has 104 valence electrons. The first-order chi connectivity index (χ1) is 9.06. The Hall–Kier alpha value is -1.68. The Morgan fingerprint density at radius 1 is 1.32 bits per heavy atom. The molecule has 2 N–H and O–H groups in total. The lowest BCUT2D eigenvalue weighted by Crippen LogP contribution is -2.34. The second-order valence-corrected chi connectivity index (χ2v) is 4.57. The molecule has 0 heterocycles. The van der Waals surface area contributed by atoms with Crippen molar-refractivity contribution in [3.63, 3.8) is 0 Å². The third-order valence-electron chi connectivity index (χ3n) is 2.90. The summed E-state index contributed by atoms with van der Waals surface area (Å²) in [7, 11) is 0. The van der Waals surface area contributed by atoms with Gasteiger partial charge in [0, 0.05) is 12.0 Å². The van der Waals surface area contributed by atoms with E-state index < -0.39 is 12.0 Å². The average Bonchev–Trinajstić information content (AvgIpc) is 2.39. The number of ketones is 1. The molecule has 0 amide bonds. The van der Waals surface area contributed by atoms with E-state index in [9.17, 15) is 9.59 Å². The minimum atomic E-state index is -0.885. The van der Waals surface area contributed by atoms with Crippen molar-refractivity contribution in [3.05, 3.63) is 35.4 Å². The quantitative estimate of drug-likeness (QED) is 0.465. The number of nitrogens with two attached hydrogens (primary N) is 1. The normalized spacial score (nSPS) is 11.9. The number of ether oxygens (including phenoxy) is 1. The van der Waals surface area contributed by atoms with Crippen LogP contribution in [-0.4, -0.2) is 24.4 Å².